The van der Waals surface area contributed by atoms with Crippen molar-refractivity contribution in [2.24, 2.45) is 5.10 Å². The second-order valence-electron chi connectivity index (χ2n) is 6.43. The maximum Gasteiger partial charge on any atom is 0.249 e. The number of carbonyl (C=O) groups is 2. The highest BCUT2D eigenvalue weighted by Gasteiger charge is 2.12. The number of hydrazone groups is 1. The maximum atomic E-state index is 13.5. The van der Waals surface area contributed by atoms with Crippen molar-refractivity contribution < 1.29 is 23.5 Å². The normalized spacial score (nSPS) is 10.6. The zero-order valence-electron chi connectivity index (χ0n) is 17.1. The molecule has 0 saturated carbocycles. The third kappa shape index (κ3) is 7.20. The SMILES string of the molecule is CCCCCOc1c(C=NNC(=O)CC(=O)Nc2ccccc2F)cccc1OC. The molecule has 2 amide bonds. The lowest BCUT2D eigenvalue weighted by molar-refractivity contribution is -0.126. The predicted octanol–water partition coefficient (Wildman–Crippen LogP) is 3.88. The van der Waals surface area contributed by atoms with Crippen LogP contribution >= 0.6 is 0 Å². The van der Waals surface area contributed by atoms with E-state index in [4.69, 9.17) is 9.47 Å². The Morgan fingerprint density at radius 3 is 2.63 bits per heavy atom. The first-order valence-electron chi connectivity index (χ1n) is 9.71. The van der Waals surface area contributed by atoms with Gasteiger partial charge in [0.25, 0.3) is 0 Å². The van der Waals surface area contributed by atoms with E-state index in [0.29, 0.717) is 23.7 Å². The van der Waals surface area contributed by atoms with Crippen LogP contribution in [-0.2, 0) is 9.59 Å². The Morgan fingerprint density at radius 2 is 1.90 bits per heavy atom. The molecule has 2 rings (SSSR count). The summed E-state index contributed by atoms with van der Waals surface area (Å²) in [4.78, 5) is 23.8. The summed E-state index contributed by atoms with van der Waals surface area (Å²) < 4.78 is 24.7. The van der Waals surface area contributed by atoms with Crippen LogP contribution in [0.15, 0.2) is 47.6 Å². The van der Waals surface area contributed by atoms with E-state index in [9.17, 15) is 14.0 Å². The number of nitrogens with one attached hydrogen (secondary N) is 2. The number of hydrogen-bond acceptors (Lipinski definition) is 5. The number of methoxy groups -OCH3 is 1. The molecule has 30 heavy (non-hydrogen) atoms. The van der Waals surface area contributed by atoms with E-state index >= 15 is 0 Å². The van der Waals surface area contributed by atoms with Gasteiger partial charge in [0.15, 0.2) is 11.5 Å². The molecule has 0 atom stereocenters. The zero-order chi connectivity index (χ0) is 21.8. The Bertz CT molecular complexity index is 886. The van der Waals surface area contributed by atoms with Crippen LogP contribution in [0.1, 0.15) is 38.2 Å². The number of halogens is 1. The van der Waals surface area contributed by atoms with Crippen LogP contribution in [0.5, 0.6) is 11.5 Å². The first-order chi connectivity index (χ1) is 14.5. The van der Waals surface area contributed by atoms with E-state index in [2.05, 4.69) is 22.8 Å². The molecule has 0 fully saturated rings. The first-order valence-corrected chi connectivity index (χ1v) is 9.71. The maximum absolute atomic E-state index is 13.5. The van der Waals surface area contributed by atoms with Gasteiger partial charge in [0, 0.05) is 5.56 Å². The van der Waals surface area contributed by atoms with Gasteiger partial charge in [0.1, 0.15) is 12.2 Å². The number of para-hydroxylation sites is 2. The molecule has 0 spiro atoms. The number of rotatable bonds is 11. The van der Waals surface area contributed by atoms with Crippen molar-refractivity contribution in [2.75, 3.05) is 19.0 Å². The minimum absolute atomic E-state index is 0.0139. The quantitative estimate of drug-likeness (QED) is 0.252. The van der Waals surface area contributed by atoms with Crippen molar-refractivity contribution in [1.82, 2.24) is 5.43 Å². The van der Waals surface area contributed by atoms with E-state index in [1.54, 1.807) is 31.4 Å². The molecule has 0 aromatic heterocycles. The average molecular weight is 415 g/mol. The Morgan fingerprint density at radius 1 is 1.10 bits per heavy atom. The monoisotopic (exact) mass is 415 g/mol. The topological polar surface area (TPSA) is 89.0 Å². The molecule has 0 aliphatic heterocycles. The van der Waals surface area contributed by atoms with Crippen LogP contribution < -0.4 is 20.2 Å². The summed E-state index contributed by atoms with van der Waals surface area (Å²) in [7, 11) is 1.55. The molecule has 7 nitrogen and oxygen atoms in total. The van der Waals surface area contributed by atoms with Crippen LogP contribution in [0.4, 0.5) is 10.1 Å². The van der Waals surface area contributed by atoms with E-state index < -0.39 is 24.1 Å². The number of unbranched alkanes of at least 4 members (excludes halogenated alkanes) is 2. The van der Waals surface area contributed by atoms with Crippen LogP contribution in [0.2, 0.25) is 0 Å². The number of ether oxygens (including phenoxy) is 2. The van der Waals surface area contributed by atoms with Crippen LogP contribution in [0.25, 0.3) is 0 Å². The molecule has 0 saturated heterocycles. The minimum atomic E-state index is -0.644. The molecule has 2 aromatic rings. The van der Waals surface area contributed by atoms with Crippen molar-refractivity contribution in [3.63, 3.8) is 0 Å². The van der Waals surface area contributed by atoms with E-state index in [1.165, 1.54) is 24.4 Å². The van der Waals surface area contributed by atoms with Crippen molar-refractivity contribution in [3.05, 3.63) is 53.8 Å². The smallest absolute Gasteiger partial charge is 0.249 e. The van der Waals surface area contributed by atoms with Gasteiger partial charge in [-0.2, -0.15) is 5.10 Å². The van der Waals surface area contributed by atoms with E-state index in [1.807, 2.05) is 0 Å². The summed E-state index contributed by atoms with van der Waals surface area (Å²) in [6.45, 7) is 2.65. The third-order valence-electron chi connectivity index (χ3n) is 4.09. The Labute approximate surface area is 175 Å². The van der Waals surface area contributed by atoms with Crippen molar-refractivity contribution in [2.45, 2.75) is 32.6 Å². The summed E-state index contributed by atoms with van der Waals surface area (Å²) >= 11 is 0. The number of nitrogens with zero attached hydrogens (tertiary/aromatic N) is 1. The lowest BCUT2D eigenvalue weighted by Crippen LogP contribution is -2.25. The molecular weight excluding hydrogens is 389 g/mol. The number of anilines is 1. The highest BCUT2D eigenvalue weighted by Crippen LogP contribution is 2.30. The van der Waals surface area contributed by atoms with Crippen LogP contribution in [-0.4, -0.2) is 31.7 Å². The van der Waals surface area contributed by atoms with Crippen LogP contribution in [0.3, 0.4) is 0 Å². The lowest BCUT2D eigenvalue weighted by atomic mass is 10.2. The van der Waals surface area contributed by atoms with E-state index in [-0.39, 0.29) is 5.69 Å². The van der Waals surface area contributed by atoms with Crippen molar-refractivity contribution >= 4 is 23.7 Å². The average Bonchev–Trinajstić information content (AvgIpc) is 2.73. The predicted molar refractivity (Wildman–Crippen MR) is 113 cm³/mol. The number of hydrogen-bond donors (Lipinski definition) is 2. The van der Waals surface area contributed by atoms with Gasteiger partial charge in [-0.05, 0) is 30.7 Å². The molecule has 0 aliphatic rings. The summed E-state index contributed by atoms with van der Waals surface area (Å²) in [5.74, 6) is -0.756. The molecule has 160 valence electrons. The number of amides is 2. The number of benzene rings is 2. The summed E-state index contributed by atoms with van der Waals surface area (Å²) in [5, 5.41) is 6.23. The molecule has 0 radical (unpaired) electrons. The molecule has 0 aliphatic carbocycles. The Hall–Kier alpha value is -3.42. The van der Waals surface area contributed by atoms with Crippen molar-refractivity contribution in [3.8, 4) is 11.5 Å². The Balaban J connectivity index is 1.93. The molecule has 2 aromatic carbocycles. The second kappa shape index (κ2) is 12.2. The van der Waals surface area contributed by atoms with Gasteiger partial charge in [-0.3, -0.25) is 9.59 Å². The number of carbonyl (C=O) groups excluding carboxylic acids is 2. The van der Waals surface area contributed by atoms with Gasteiger partial charge in [-0.1, -0.05) is 38.0 Å². The van der Waals surface area contributed by atoms with Gasteiger partial charge < -0.3 is 14.8 Å². The summed E-state index contributed by atoms with van der Waals surface area (Å²) in [5.41, 5.74) is 2.92. The zero-order valence-corrected chi connectivity index (χ0v) is 17.1. The van der Waals surface area contributed by atoms with Gasteiger partial charge in [0.2, 0.25) is 11.8 Å². The molecular formula is C22H26FN3O4. The minimum Gasteiger partial charge on any atom is -0.493 e. The molecule has 0 bridgehead atoms. The fraction of sp³-hybridized carbons (Fsp3) is 0.318. The van der Waals surface area contributed by atoms with Gasteiger partial charge in [-0.15, -0.1) is 0 Å². The third-order valence-corrected chi connectivity index (χ3v) is 4.09. The molecule has 8 heteroatoms. The first kappa shape index (κ1) is 22.9. The second-order valence-corrected chi connectivity index (χ2v) is 6.43. The fourth-order valence-electron chi connectivity index (χ4n) is 2.59. The molecule has 0 unspecified atom stereocenters. The molecule has 0 heterocycles. The fourth-order valence-corrected chi connectivity index (χ4v) is 2.59. The summed E-state index contributed by atoms with van der Waals surface area (Å²) in [6.07, 6.45) is 3.98. The van der Waals surface area contributed by atoms with Gasteiger partial charge in [0.05, 0.1) is 25.6 Å². The highest BCUT2D eigenvalue weighted by atomic mass is 19.1. The van der Waals surface area contributed by atoms with Crippen LogP contribution in [0, 0.1) is 5.82 Å². The standard InChI is InChI=1S/C22H26FN3O4/c1-3-4-7-13-30-22-16(9-8-12-19(22)29-2)15-24-26-21(28)14-20(27)25-18-11-6-5-10-17(18)23/h5-6,8-12,15H,3-4,7,13-14H2,1-2H3,(H,25,27)(H,26,28). The molecule has 2 N–H and O–H groups in total. The van der Waals surface area contributed by atoms with Gasteiger partial charge in [-0.25, -0.2) is 9.82 Å². The highest BCUT2D eigenvalue weighted by molar-refractivity contribution is 6.03. The summed E-state index contributed by atoms with van der Waals surface area (Å²) in [6, 6.07) is 11.1. The van der Waals surface area contributed by atoms with E-state index in [0.717, 1.165) is 19.3 Å². The lowest BCUT2D eigenvalue weighted by Gasteiger charge is -2.13. The van der Waals surface area contributed by atoms with Gasteiger partial charge >= 0.3 is 0 Å². The van der Waals surface area contributed by atoms with Crippen molar-refractivity contribution in [1.29, 1.82) is 0 Å². The largest absolute Gasteiger partial charge is 0.493 e. The Kier molecular flexibility index (Phi) is 9.30.